The zero-order valence-corrected chi connectivity index (χ0v) is 37.1. The predicted octanol–water partition coefficient (Wildman–Crippen LogP) is 7.00. The van der Waals surface area contributed by atoms with Crippen molar-refractivity contribution in [1.82, 2.24) is 4.98 Å². The number of aliphatic hydroxyl groups is 5. The molecule has 7 N–H and O–H groups in total. The van der Waals surface area contributed by atoms with Crippen molar-refractivity contribution in [2.24, 2.45) is 27.1 Å². The van der Waals surface area contributed by atoms with Crippen molar-refractivity contribution < 1.29 is 49.7 Å². The molecule has 11 aliphatic rings. The number of aryl methyl sites for hydroxylation is 1. The molecule has 8 atom stereocenters. The minimum absolute atomic E-state index is 0.00312. The van der Waals surface area contributed by atoms with E-state index in [9.17, 15) is 40.2 Å². The molecule has 5 saturated carbocycles. The third-order valence-corrected chi connectivity index (χ3v) is 19.9. The van der Waals surface area contributed by atoms with E-state index >= 15 is 0 Å². The minimum atomic E-state index is -2.29. The molecule has 2 aromatic carbocycles. The van der Waals surface area contributed by atoms with E-state index in [2.05, 4.69) is 5.32 Å². The molecule has 1 saturated heterocycles. The molecule has 6 bridgehead atoms. The number of anilines is 1. The summed E-state index contributed by atoms with van der Waals surface area (Å²) in [4.78, 5) is 34.5. The summed E-state index contributed by atoms with van der Waals surface area (Å²) in [6, 6.07) is 6.23. The van der Waals surface area contributed by atoms with Gasteiger partial charge in [-0.2, -0.15) is 0 Å². The van der Waals surface area contributed by atoms with Gasteiger partial charge in [-0.1, -0.05) is 50.2 Å². The van der Waals surface area contributed by atoms with Crippen molar-refractivity contribution in [2.45, 2.75) is 164 Å². The van der Waals surface area contributed by atoms with Crippen LogP contribution in [0.3, 0.4) is 0 Å². The highest BCUT2D eigenvalue weighted by atomic mass is 16.7. The van der Waals surface area contributed by atoms with Crippen LogP contribution in [0.15, 0.2) is 53.8 Å². The van der Waals surface area contributed by atoms with Crippen LogP contribution in [0.4, 0.5) is 5.82 Å². The predicted molar refractivity (Wildman–Crippen MR) is 239 cm³/mol. The maximum Gasteiger partial charge on any atom is 0.260 e. The first-order chi connectivity index (χ1) is 31.2. The largest absolute Gasteiger partial charge is 0.507 e. The molecule has 0 radical (unpaired) electrons. The Morgan fingerprint density at radius 3 is 2.15 bits per heavy atom. The molecule has 7 spiro atoms. The SMILES string of the molecule is Cc1cc(O)c2c(c1)C(=O)c1c(c3cc4c(nccc14)NCC(O)C1(CC4(CCCC4)C4(CCCC4)C1)C1=C4C=CC5(O3)OC4(C(O)C(O)C5O)C(O)C3(CCC4(CCCC4)C3)C1)C2=O. The van der Waals surface area contributed by atoms with Crippen LogP contribution in [-0.2, 0) is 4.74 Å². The van der Waals surface area contributed by atoms with E-state index in [-0.39, 0.29) is 56.5 Å². The Morgan fingerprint density at radius 2 is 1.45 bits per heavy atom. The highest BCUT2D eigenvalue weighted by Crippen LogP contribution is 2.77. The molecule has 1 aromatic heterocycles. The van der Waals surface area contributed by atoms with E-state index in [0.29, 0.717) is 47.0 Å². The number of ether oxygens (including phenoxy) is 2. The fourth-order valence-corrected chi connectivity index (χ4v) is 17.2. The molecular formula is C53H60N2O10. The molecule has 8 unspecified atom stereocenters. The number of pyridine rings is 1. The van der Waals surface area contributed by atoms with Crippen molar-refractivity contribution in [3.63, 3.8) is 0 Å². The first-order valence-corrected chi connectivity index (χ1v) is 24.5. The highest BCUT2D eigenvalue weighted by molar-refractivity contribution is 6.34. The molecule has 3 aromatic rings. The number of nitrogens with one attached hydrogen (secondary N) is 1. The maximum absolute atomic E-state index is 14.9. The molecular weight excluding hydrogens is 825 g/mol. The average molecular weight is 885 g/mol. The van der Waals surface area contributed by atoms with E-state index in [0.717, 1.165) is 102 Å². The van der Waals surface area contributed by atoms with E-state index in [4.69, 9.17) is 14.5 Å². The van der Waals surface area contributed by atoms with Gasteiger partial charge in [-0.3, -0.25) is 9.59 Å². The number of hydrogen-bond acceptors (Lipinski definition) is 12. The smallest absolute Gasteiger partial charge is 0.260 e. The number of aromatic hydroxyl groups is 1. The number of ketones is 2. The summed E-state index contributed by atoms with van der Waals surface area (Å²) in [6.45, 7) is 1.82. The molecule has 6 fully saturated rings. The summed E-state index contributed by atoms with van der Waals surface area (Å²) in [7, 11) is 0. The van der Waals surface area contributed by atoms with Crippen LogP contribution in [0.2, 0.25) is 0 Å². The van der Waals surface area contributed by atoms with Crippen LogP contribution in [0, 0.1) is 34.0 Å². The van der Waals surface area contributed by atoms with Crippen LogP contribution < -0.4 is 10.1 Å². The quantitative estimate of drug-likeness (QED) is 0.0956. The number of carbonyl (C=O) groups is 2. The van der Waals surface area contributed by atoms with Gasteiger partial charge in [-0.05, 0) is 147 Å². The van der Waals surface area contributed by atoms with E-state index in [1.165, 1.54) is 6.07 Å². The maximum atomic E-state index is 14.9. The molecule has 12 nitrogen and oxygen atoms in total. The summed E-state index contributed by atoms with van der Waals surface area (Å²) < 4.78 is 14.2. The fraction of sp³-hybridized carbons (Fsp3) is 0.604. The molecule has 5 heterocycles. The monoisotopic (exact) mass is 884 g/mol. The third kappa shape index (κ3) is 5.01. The van der Waals surface area contributed by atoms with E-state index in [1.807, 2.05) is 0 Å². The number of aliphatic hydroxyl groups excluding tert-OH is 5. The van der Waals surface area contributed by atoms with Crippen LogP contribution in [0.1, 0.15) is 153 Å². The van der Waals surface area contributed by atoms with Gasteiger partial charge >= 0.3 is 0 Å². The lowest BCUT2D eigenvalue weighted by Crippen LogP contribution is -2.78. The van der Waals surface area contributed by atoms with Gasteiger partial charge in [0.05, 0.1) is 23.3 Å². The van der Waals surface area contributed by atoms with Crippen molar-refractivity contribution in [3.8, 4) is 11.5 Å². The number of phenolic OH excluding ortho intramolecular Hbond substituents is 1. The van der Waals surface area contributed by atoms with Crippen LogP contribution in [-0.4, -0.2) is 95.6 Å². The number of rotatable bonds is 0. The molecule has 65 heavy (non-hydrogen) atoms. The normalized spacial score (nSPS) is 37.5. The van der Waals surface area contributed by atoms with Crippen molar-refractivity contribution >= 4 is 28.2 Å². The minimum Gasteiger partial charge on any atom is -0.507 e. The first-order valence-electron chi connectivity index (χ1n) is 24.5. The standard InChI is InChI=1S/C53H60N2O10/c1-28-20-31-37(34(56)21-28)41(59)39-35-22-30-29(38(39)40(31)58)9-19-54-45(30)55-24-36(57)51(26-49(12-4-5-13-49)50(27-51)14-6-7-15-50)33-23-48(18-17-47(25-48)10-2-3-11-47)46(63)53-32(33)8-16-52(64-35,65-53)43(61)42(60)44(53)62/h8-9,16,19-22,36,42-44,46,56-57,60-63H,2-7,10-15,17-18,23-27H2,1H3,(H,54,55). The average Bonchev–Trinajstić information content (AvgIpc) is 4.16. The van der Waals surface area contributed by atoms with Gasteiger partial charge in [0, 0.05) is 40.1 Å². The zero-order chi connectivity index (χ0) is 44.7. The number of benzene rings is 2. The number of aromatic nitrogens is 1. The summed E-state index contributed by atoms with van der Waals surface area (Å²) in [6.07, 6.45) is 14.4. The Bertz CT molecular complexity index is 2660. The second-order valence-electron chi connectivity index (χ2n) is 22.8. The fourth-order valence-electron chi connectivity index (χ4n) is 17.2. The van der Waals surface area contributed by atoms with Crippen LogP contribution in [0.5, 0.6) is 11.5 Å². The Balaban J connectivity index is 1.10. The molecule has 0 amide bonds. The number of fused-ring (bicyclic) bond motifs is 6. The molecule has 14 rings (SSSR count). The highest BCUT2D eigenvalue weighted by Gasteiger charge is 2.75. The Labute approximate surface area is 378 Å². The summed E-state index contributed by atoms with van der Waals surface area (Å²) in [5, 5.41) is 80.0. The summed E-state index contributed by atoms with van der Waals surface area (Å²) in [5.74, 6) is -3.67. The van der Waals surface area contributed by atoms with Gasteiger partial charge in [0.2, 0.25) is 5.78 Å². The van der Waals surface area contributed by atoms with Gasteiger partial charge in [0.25, 0.3) is 5.79 Å². The van der Waals surface area contributed by atoms with Gasteiger partial charge in [0.15, 0.2) is 17.5 Å². The molecule has 12 heteroatoms. The van der Waals surface area contributed by atoms with E-state index < -0.39 is 64.3 Å². The molecule has 342 valence electrons. The lowest BCUT2D eigenvalue weighted by molar-refractivity contribution is -0.367. The second kappa shape index (κ2) is 13.3. The third-order valence-electron chi connectivity index (χ3n) is 19.9. The topological polar surface area (TPSA) is 199 Å². The number of nitrogens with zero attached hydrogens (tertiary/aromatic N) is 1. The lowest BCUT2D eigenvalue weighted by atomic mass is 9.52. The lowest BCUT2D eigenvalue weighted by Gasteiger charge is -2.63. The summed E-state index contributed by atoms with van der Waals surface area (Å²) in [5.41, 5.74) is -1.86. The Kier molecular flexibility index (Phi) is 8.39. The molecule has 7 aliphatic carbocycles. The van der Waals surface area contributed by atoms with Crippen LogP contribution >= 0.6 is 0 Å². The Morgan fingerprint density at radius 1 is 0.754 bits per heavy atom. The first kappa shape index (κ1) is 41.1. The van der Waals surface area contributed by atoms with Gasteiger partial charge in [-0.25, -0.2) is 4.98 Å². The van der Waals surface area contributed by atoms with Gasteiger partial charge in [0.1, 0.15) is 29.5 Å². The van der Waals surface area contributed by atoms with Crippen molar-refractivity contribution in [2.75, 3.05) is 11.9 Å². The van der Waals surface area contributed by atoms with Crippen LogP contribution in [0.25, 0.3) is 10.8 Å². The second-order valence-corrected chi connectivity index (χ2v) is 22.8. The Hall–Kier alpha value is -4.17. The van der Waals surface area contributed by atoms with E-state index in [1.54, 1.807) is 43.5 Å². The number of carbonyl (C=O) groups excluding carboxylic acids is 2. The van der Waals surface area contributed by atoms with Gasteiger partial charge < -0.3 is 45.4 Å². The summed E-state index contributed by atoms with van der Waals surface area (Å²) >= 11 is 0. The molecule has 4 aliphatic heterocycles. The van der Waals surface area contributed by atoms with Gasteiger partial charge in [-0.15, -0.1) is 0 Å². The number of hydrogen-bond donors (Lipinski definition) is 7. The zero-order valence-electron chi connectivity index (χ0n) is 37.1. The van der Waals surface area contributed by atoms with Crippen molar-refractivity contribution in [1.29, 1.82) is 0 Å². The number of phenols is 1. The van der Waals surface area contributed by atoms with Crippen molar-refractivity contribution in [3.05, 3.63) is 81.6 Å².